The highest BCUT2D eigenvalue weighted by Gasteiger charge is 2.48. The van der Waals surface area contributed by atoms with Crippen LogP contribution in [0.15, 0.2) is 36.5 Å². The molecular formula is C24H28ClN5O2. The van der Waals surface area contributed by atoms with E-state index in [2.05, 4.69) is 50.2 Å². The maximum absolute atomic E-state index is 12.5. The van der Waals surface area contributed by atoms with Crippen molar-refractivity contribution in [2.24, 2.45) is 17.8 Å². The van der Waals surface area contributed by atoms with Crippen molar-refractivity contribution in [2.45, 2.75) is 44.2 Å². The summed E-state index contributed by atoms with van der Waals surface area (Å²) in [6.07, 6.45) is 10.00. The molecule has 1 unspecified atom stereocenters. The average Bonchev–Trinajstić information content (AvgIpc) is 3.35. The minimum Gasteiger partial charge on any atom is -0.393 e. The second-order valence-corrected chi connectivity index (χ2v) is 9.40. The number of fused-ring (bicyclic) bond motifs is 3. The van der Waals surface area contributed by atoms with Crippen LogP contribution in [0.4, 0.5) is 17.5 Å². The summed E-state index contributed by atoms with van der Waals surface area (Å²) in [5, 5.41) is 19.9. The molecule has 3 aliphatic carbocycles. The first kappa shape index (κ1) is 21.2. The van der Waals surface area contributed by atoms with Gasteiger partial charge in [-0.15, -0.1) is 0 Å². The van der Waals surface area contributed by atoms with Crippen LogP contribution in [0, 0.1) is 17.8 Å². The highest BCUT2D eigenvalue weighted by Crippen LogP contribution is 2.45. The summed E-state index contributed by atoms with van der Waals surface area (Å²) in [4.78, 5) is 21.4. The Kier molecular flexibility index (Phi) is 5.78. The Morgan fingerprint density at radius 3 is 2.75 bits per heavy atom. The van der Waals surface area contributed by atoms with Gasteiger partial charge < -0.3 is 21.1 Å². The van der Waals surface area contributed by atoms with E-state index in [0.717, 1.165) is 37.8 Å². The molecule has 1 aromatic heterocycles. The lowest BCUT2D eigenvalue weighted by molar-refractivity contribution is -0.125. The number of anilines is 3. The van der Waals surface area contributed by atoms with Crippen molar-refractivity contribution in [2.75, 3.05) is 17.7 Å². The number of rotatable bonds is 5. The third-order valence-electron chi connectivity index (χ3n) is 7.01. The highest BCUT2D eigenvalue weighted by atomic mass is 35.5. The molecule has 168 valence electrons. The number of hydrogen-bond donors (Lipinski definition) is 4. The predicted octanol–water partition coefficient (Wildman–Crippen LogP) is 3.46. The number of hydrogen-bond acceptors (Lipinski definition) is 6. The maximum atomic E-state index is 12.5. The summed E-state index contributed by atoms with van der Waals surface area (Å²) in [5.41, 5.74) is 3.44. The Balaban J connectivity index is 1.35. The fourth-order valence-electron chi connectivity index (χ4n) is 5.33. The van der Waals surface area contributed by atoms with Crippen molar-refractivity contribution in [3.8, 4) is 0 Å². The third-order valence-corrected chi connectivity index (χ3v) is 7.29. The number of aromatic nitrogens is 2. The molecule has 1 amide bonds. The molecule has 5 rings (SSSR count). The predicted molar refractivity (Wildman–Crippen MR) is 125 cm³/mol. The van der Waals surface area contributed by atoms with Gasteiger partial charge in [-0.1, -0.05) is 29.8 Å². The zero-order valence-corrected chi connectivity index (χ0v) is 18.8. The van der Waals surface area contributed by atoms with Gasteiger partial charge in [0, 0.05) is 18.8 Å². The molecule has 0 spiro atoms. The number of halogens is 1. The topological polar surface area (TPSA) is 99.2 Å². The van der Waals surface area contributed by atoms with E-state index in [4.69, 9.17) is 11.6 Å². The van der Waals surface area contributed by atoms with Gasteiger partial charge in [0.05, 0.1) is 18.2 Å². The van der Waals surface area contributed by atoms with E-state index in [1.54, 1.807) is 13.2 Å². The Labute approximate surface area is 192 Å². The molecule has 3 aliphatic rings. The minimum atomic E-state index is -0.230. The average molecular weight is 454 g/mol. The fraction of sp³-hybridized carbons (Fsp3) is 0.458. The number of benzene rings is 1. The molecule has 7 nitrogen and oxygen atoms in total. The van der Waals surface area contributed by atoms with Crippen LogP contribution in [0.1, 0.15) is 30.4 Å². The van der Waals surface area contributed by atoms with Crippen LogP contribution in [0.5, 0.6) is 0 Å². The summed E-state index contributed by atoms with van der Waals surface area (Å²) in [6.45, 7) is 0. The standard InChI is InChI=1S/C24H28ClN5O2/c1-26-23(32)20-15-2-3-16(10-15)21(20)29-22-19(25)12-27-24(30-22)28-17-7-4-13-5-8-18(31)9-6-14(13)11-17/h2-4,7,11-12,15-16,18,20-21,31H,5-6,8-10H2,1H3,(H,26,32)(H2,27,28,29,30)/t15-,16+,18?,20+,21-/m0/s1. The van der Waals surface area contributed by atoms with E-state index >= 15 is 0 Å². The van der Waals surface area contributed by atoms with Crippen molar-refractivity contribution in [3.63, 3.8) is 0 Å². The second-order valence-electron chi connectivity index (χ2n) is 8.99. The van der Waals surface area contributed by atoms with Gasteiger partial charge in [-0.2, -0.15) is 4.98 Å². The molecule has 2 bridgehead atoms. The van der Waals surface area contributed by atoms with E-state index in [1.807, 2.05) is 6.07 Å². The molecule has 1 saturated carbocycles. The molecule has 1 aromatic carbocycles. The van der Waals surface area contributed by atoms with E-state index in [1.165, 1.54) is 11.1 Å². The summed E-state index contributed by atoms with van der Waals surface area (Å²) in [6, 6.07) is 6.19. The van der Waals surface area contributed by atoms with Gasteiger partial charge in [-0.05, 0) is 67.2 Å². The minimum absolute atomic E-state index is 0.0398. The molecule has 1 fully saturated rings. The van der Waals surface area contributed by atoms with Crippen molar-refractivity contribution in [3.05, 3.63) is 52.7 Å². The van der Waals surface area contributed by atoms with Crippen LogP contribution in [-0.2, 0) is 17.6 Å². The number of nitrogens with zero attached hydrogens (tertiary/aromatic N) is 2. The first-order chi connectivity index (χ1) is 15.5. The zero-order valence-electron chi connectivity index (χ0n) is 18.0. The number of aliphatic hydroxyl groups excluding tert-OH is 1. The molecule has 5 atom stereocenters. The summed E-state index contributed by atoms with van der Waals surface area (Å²) in [5.74, 6) is 1.40. The molecule has 2 aromatic rings. The number of aryl methyl sites for hydroxylation is 2. The lowest BCUT2D eigenvalue weighted by atomic mass is 9.88. The largest absolute Gasteiger partial charge is 0.393 e. The lowest BCUT2D eigenvalue weighted by Gasteiger charge is -2.28. The number of allylic oxidation sites excluding steroid dienone is 1. The molecule has 1 heterocycles. The highest BCUT2D eigenvalue weighted by molar-refractivity contribution is 6.32. The monoisotopic (exact) mass is 453 g/mol. The number of carbonyl (C=O) groups is 1. The van der Waals surface area contributed by atoms with Gasteiger partial charge in [0.1, 0.15) is 5.02 Å². The first-order valence-electron chi connectivity index (χ1n) is 11.3. The maximum Gasteiger partial charge on any atom is 0.229 e. The van der Waals surface area contributed by atoms with Crippen molar-refractivity contribution < 1.29 is 9.90 Å². The Morgan fingerprint density at radius 2 is 1.94 bits per heavy atom. The normalized spacial score (nSPS) is 28.2. The molecule has 0 radical (unpaired) electrons. The van der Waals surface area contributed by atoms with E-state index in [0.29, 0.717) is 16.8 Å². The third kappa shape index (κ3) is 4.07. The Morgan fingerprint density at radius 1 is 1.16 bits per heavy atom. The van der Waals surface area contributed by atoms with Crippen LogP contribution in [0.2, 0.25) is 5.02 Å². The Hall–Kier alpha value is -2.64. The number of carbonyl (C=O) groups excluding carboxylic acids is 1. The number of nitrogens with one attached hydrogen (secondary N) is 3. The molecular weight excluding hydrogens is 426 g/mol. The van der Waals surface area contributed by atoms with Gasteiger partial charge in [0.25, 0.3) is 0 Å². The molecule has 0 saturated heterocycles. The van der Waals surface area contributed by atoms with Gasteiger partial charge in [-0.3, -0.25) is 4.79 Å². The van der Waals surface area contributed by atoms with Crippen LogP contribution >= 0.6 is 11.6 Å². The van der Waals surface area contributed by atoms with Crippen molar-refractivity contribution in [1.82, 2.24) is 15.3 Å². The van der Waals surface area contributed by atoms with E-state index < -0.39 is 0 Å². The van der Waals surface area contributed by atoms with Gasteiger partial charge in [0.2, 0.25) is 11.9 Å². The van der Waals surface area contributed by atoms with Crippen LogP contribution in [0.25, 0.3) is 0 Å². The number of amides is 1. The molecule has 8 heteroatoms. The summed E-state index contributed by atoms with van der Waals surface area (Å²) in [7, 11) is 1.68. The van der Waals surface area contributed by atoms with Crippen LogP contribution in [0.3, 0.4) is 0 Å². The number of aliphatic hydroxyl groups is 1. The summed E-state index contributed by atoms with van der Waals surface area (Å²) < 4.78 is 0. The Bertz CT molecular complexity index is 1060. The second kappa shape index (κ2) is 8.71. The van der Waals surface area contributed by atoms with Crippen LogP contribution in [-0.4, -0.2) is 40.2 Å². The van der Waals surface area contributed by atoms with Gasteiger partial charge in [-0.25, -0.2) is 4.98 Å². The smallest absolute Gasteiger partial charge is 0.229 e. The van der Waals surface area contributed by atoms with Crippen molar-refractivity contribution in [1.29, 1.82) is 0 Å². The first-order valence-corrected chi connectivity index (χ1v) is 11.7. The van der Waals surface area contributed by atoms with Crippen LogP contribution < -0.4 is 16.0 Å². The zero-order chi connectivity index (χ0) is 22.2. The SMILES string of the molecule is CNC(=O)[C@H]1[C@@H](Nc2nc(Nc3ccc4c(c3)CCC(O)CC4)ncc2Cl)[C@@H]2C=C[C@H]1C2. The molecule has 0 aliphatic heterocycles. The van der Waals surface area contributed by atoms with E-state index in [-0.39, 0.29) is 35.8 Å². The fourth-order valence-corrected chi connectivity index (χ4v) is 5.47. The van der Waals surface area contributed by atoms with Crippen molar-refractivity contribution >= 4 is 35.0 Å². The molecule has 4 N–H and O–H groups in total. The summed E-state index contributed by atoms with van der Waals surface area (Å²) >= 11 is 6.41. The molecule has 32 heavy (non-hydrogen) atoms. The lowest BCUT2D eigenvalue weighted by Crippen LogP contribution is -2.42. The quantitative estimate of drug-likeness (QED) is 0.408. The van der Waals surface area contributed by atoms with Gasteiger partial charge in [0.15, 0.2) is 5.82 Å². The van der Waals surface area contributed by atoms with Gasteiger partial charge >= 0.3 is 0 Å². The van der Waals surface area contributed by atoms with E-state index in [9.17, 15) is 9.90 Å².